The van der Waals surface area contributed by atoms with Crippen LogP contribution in [-0.2, 0) is 6.54 Å². The lowest BCUT2D eigenvalue weighted by Gasteiger charge is -2.32. The van der Waals surface area contributed by atoms with Crippen LogP contribution in [0.1, 0.15) is 34.5 Å². The minimum Gasteiger partial charge on any atom is -0.451 e. The summed E-state index contributed by atoms with van der Waals surface area (Å²) in [6, 6.07) is 12.7. The lowest BCUT2D eigenvalue weighted by atomic mass is 9.96. The molecule has 1 saturated heterocycles. The molecule has 0 atom stereocenters. The van der Waals surface area contributed by atoms with E-state index in [0.717, 1.165) is 24.9 Å². The van der Waals surface area contributed by atoms with Crippen LogP contribution in [0.25, 0.3) is 22.0 Å². The average Bonchev–Trinajstić information content (AvgIpc) is 3.15. The van der Waals surface area contributed by atoms with Crippen LogP contribution in [0.2, 0.25) is 0 Å². The van der Waals surface area contributed by atoms with Gasteiger partial charge in [0, 0.05) is 25.7 Å². The molecule has 2 aromatic heterocycles. The molecule has 2 aromatic carbocycles. The molecule has 6 heteroatoms. The largest absolute Gasteiger partial charge is 0.451 e. The Morgan fingerprint density at radius 2 is 1.84 bits per heavy atom. The van der Waals surface area contributed by atoms with E-state index in [9.17, 15) is 9.59 Å². The summed E-state index contributed by atoms with van der Waals surface area (Å²) < 4.78 is 7.96. The summed E-state index contributed by atoms with van der Waals surface area (Å²) in [5.41, 5.74) is 4.99. The first-order valence-electron chi connectivity index (χ1n) is 10.7. The second-order valence-electron chi connectivity index (χ2n) is 8.53. The van der Waals surface area contributed by atoms with Gasteiger partial charge in [-0.3, -0.25) is 9.59 Å². The van der Waals surface area contributed by atoms with Crippen molar-refractivity contribution in [3.8, 4) is 0 Å². The molecule has 0 aliphatic carbocycles. The topological polar surface area (TPSA) is 68.3 Å². The van der Waals surface area contributed by atoms with Gasteiger partial charge in [0.15, 0.2) is 11.2 Å². The monoisotopic (exact) mass is 415 g/mol. The molecule has 158 valence electrons. The van der Waals surface area contributed by atoms with Crippen LogP contribution in [0.15, 0.2) is 58.0 Å². The van der Waals surface area contributed by atoms with E-state index >= 15 is 0 Å². The summed E-state index contributed by atoms with van der Waals surface area (Å²) in [4.78, 5) is 31.6. The summed E-state index contributed by atoms with van der Waals surface area (Å²) in [6.45, 7) is 6.45. The van der Waals surface area contributed by atoms with Gasteiger partial charge < -0.3 is 13.9 Å². The zero-order chi connectivity index (χ0) is 21.5. The van der Waals surface area contributed by atoms with Crippen LogP contribution in [-0.4, -0.2) is 33.4 Å². The predicted molar refractivity (Wildman–Crippen MR) is 120 cm³/mol. The SMILES string of the molecule is Cc1cc2ncn(CC3CCN(C(=O)c4cc(=O)c5ccccc5o4)CC3)c2cc1C. The maximum atomic E-state index is 12.9. The number of carbonyl (C=O) groups is 1. The quantitative estimate of drug-likeness (QED) is 0.500. The zero-order valence-corrected chi connectivity index (χ0v) is 17.8. The van der Waals surface area contributed by atoms with Gasteiger partial charge in [0.2, 0.25) is 0 Å². The van der Waals surface area contributed by atoms with Gasteiger partial charge in [-0.1, -0.05) is 12.1 Å². The van der Waals surface area contributed by atoms with Gasteiger partial charge in [0.1, 0.15) is 5.58 Å². The number of piperidine rings is 1. The molecule has 0 unspecified atom stereocenters. The lowest BCUT2D eigenvalue weighted by molar-refractivity contribution is 0.0652. The first kappa shape index (κ1) is 19.5. The van der Waals surface area contributed by atoms with Crippen molar-refractivity contribution in [2.24, 2.45) is 5.92 Å². The fourth-order valence-electron chi connectivity index (χ4n) is 4.42. The Balaban J connectivity index is 1.28. The highest BCUT2D eigenvalue weighted by atomic mass is 16.3. The fraction of sp³-hybridized carbons (Fsp3) is 0.320. The number of nitrogens with zero attached hydrogens (tertiary/aromatic N) is 3. The van der Waals surface area contributed by atoms with Gasteiger partial charge in [-0.05, 0) is 68.0 Å². The highest BCUT2D eigenvalue weighted by Gasteiger charge is 2.26. The van der Waals surface area contributed by atoms with E-state index < -0.39 is 0 Å². The van der Waals surface area contributed by atoms with Gasteiger partial charge in [0.25, 0.3) is 5.91 Å². The van der Waals surface area contributed by atoms with E-state index in [1.54, 1.807) is 29.2 Å². The minimum atomic E-state index is -0.208. The normalized spacial score (nSPS) is 15.1. The number of hydrogen-bond acceptors (Lipinski definition) is 4. The minimum absolute atomic E-state index is 0.119. The van der Waals surface area contributed by atoms with E-state index in [4.69, 9.17) is 4.42 Å². The van der Waals surface area contributed by atoms with E-state index in [0.29, 0.717) is 30.0 Å². The van der Waals surface area contributed by atoms with Gasteiger partial charge in [-0.15, -0.1) is 0 Å². The number of amides is 1. The molecule has 6 nitrogen and oxygen atoms in total. The number of para-hydroxylation sites is 1. The molecule has 1 fully saturated rings. The Morgan fingerprint density at radius 3 is 2.65 bits per heavy atom. The van der Waals surface area contributed by atoms with Crippen LogP contribution in [0.3, 0.4) is 0 Å². The first-order chi connectivity index (χ1) is 15.0. The van der Waals surface area contributed by atoms with Gasteiger partial charge >= 0.3 is 0 Å². The second kappa shape index (κ2) is 7.69. The van der Waals surface area contributed by atoms with Crippen LogP contribution in [0, 0.1) is 19.8 Å². The standard InChI is InChI=1S/C25H25N3O3/c1-16-11-20-21(12-17(16)2)28(15-26-20)14-18-7-9-27(10-8-18)25(30)24-13-22(29)19-5-3-4-6-23(19)31-24/h3-6,11-13,15,18H,7-10,14H2,1-2H3. The third-order valence-corrected chi connectivity index (χ3v) is 6.44. The number of aromatic nitrogens is 2. The van der Waals surface area contributed by atoms with Gasteiger partial charge in [0.05, 0.1) is 22.7 Å². The van der Waals surface area contributed by atoms with Crippen molar-refractivity contribution in [1.29, 1.82) is 0 Å². The highest BCUT2D eigenvalue weighted by molar-refractivity contribution is 5.93. The Hall–Kier alpha value is -3.41. The van der Waals surface area contributed by atoms with E-state index in [-0.39, 0.29) is 17.1 Å². The van der Waals surface area contributed by atoms with Crippen molar-refractivity contribution >= 4 is 27.9 Å². The number of benzene rings is 2. The Kier molecular flexibility index (Phi) is 4.85. The van der Waals surface area contributed by atoms with Crippen LogP contribution in [0.5, 0.6) is 0 Å². The third kappa shape index (κ3) is 3.63. The molecular formula is C25H25N3O3. The average molecular weight is 415 g/mol. The van der Waals surface area contributed by atoms with E-state index in [1.165, 1.54) is 22.7 Å². The molecule has 1 aliphatic rings. The number of aryl methyl sites for hydroxylation is 2. The summed E-state index contributed by atoms with van der Waals surface area (Å²) in [5, 5.41) is 0.496. The van der Waals surface area contributed by atoms with Crippen LogP contribution in [0.4, 0.5) is 0 Å². The smallest absolute Gasteiger partial charge is 0.289 e. The lowest BCUT2D eigenvalue weighted by Crippen LogP contribution is -2.39. The zero-order valence-electron chi connectivity index (χ0n) is 17.8. The van der Waals surface area contributed by atoms with Crippen molar-refractivity contribution in [3.63, 3.8) is 0 Å². The van der Waals surface area contributed by atoms with Crippen LogP contribution >= 0.6 is 0 Å². The molecule has 0 radical (unpaired) electrons. The van der Waals surface area contributed by atoms with Crippen molar-refractivity contribution in [3.05, 3.63) is 75.9 Å². The summed E-state index contributed by atoms with van der Waals surface area (Å²) in [5.74, 6) is 0.390. The van der Waals surface area contributed by atoms with Crippen molar-refractivity contribution in [2.45, 2.75) is 33.2 Å². The van der Waals surface area contributed by atoms with E-state index in [1.807, 2.05) is 6.33 Å². The number of rotatable bonds is 3. The molecule has 0 N–H and O–H groups in total. The number of fused-ring (bicyclic) bond motifs is 2. The highest BCUT2D eigenvalue weighted by Crippen LogP contribution is 2.24. The molecule has 0 saturated carbocycles. The Morgan fingerprint density at radius 1 is 1.10 bits per heavy atom. The molecule has 0 bridgehead atoms. The fourth-order valence-corrected chi connectivity index (χ4v) is 4.42. The Labute approximate surface area is 180 Å². The van der Waals surface area contributed by atoms with E-state index in [2.05, 4.69) is 35.5 Å². The molecule has 4 aromatic rings. The maximum Gasteiger partial charge on any atom is 0.289 e. The number of carbonyl (C=O) groups excluding carboxylic acids is 1. The molecule has 0 spiro atoms. The van der Waals surface area contributed by atoms with Gasteiger partial charge in [-0.25, -0.2) is 4.98 Å². The summed E-state index contributed by atoms with van der Waals surface area (Å²) in [6.07, 6.45) is 3.74. The van der Waals surface area contributed by atoms with Crippen LogP contribution < -0.4 is 5.43 Å². The summed E-state index contributed by atoms with van der Waals surface area (Å²) in [7, 11) is 0. The third-order valence-electron chi connectivity index (χ3n) is 6.44. The summed E-state index contributed by atoms with van der Waals surface area (Å²) >= 11 is 0. The molecule has 31 heavy (non-hydrogen) atoms. The molecular weight excluding hydrogens is 390 g/mol. The Bertz CT molecular complexity index is 1340. The molecule has 5 rings (SSSR count). The molecule has 1 amide bonds. The van der Waals surface area contributed by atoms with Gasteiger partial charge in [-0.2, -0.15) is 0 Å². The first-order valence-corrected chi connectivity index (χ1v) is 10.7. The maximum absolute atomic E-state index is 12.9. The number of likely N-dealkylation sites (tertiary alicyclic amines) is 1. The number of imidazole rings is 1. The van der Waals surface area contributed by atoms with Crippen molar-refractivity contribution < 1.29 is 9.21 Å². The molecule has 3 heterocycles. The second-order valence-corrected chi connectivity index (χ2v) is 8.53. The predicted octanol–water partition coefficient (Wildman–Crippen LogP) is 4.31. The number of hydrogen-bond donors (Lipinski definition) is 0. The molecule has 1 aliphatic heterocycles. The van der Waals surface area contributed by atoms with Crippen molar-refractivity contribution in [2.75, 3.05) is 13.1 Å². The van der Waals surface area contributed by atoms with Crippen molar-refractivity contribution in [1.82, 2.24) is 14.5 Å².